The Morgan fingerprint density at radius 2 is 2.11 bits per heavy atom. The third-order valence-corrected chi connectivity index (χ3v) is 2.08. The van der Waals surface area contributed by atoms with E-state index in [9.17, 15) is 0 Å². The van der Waals surface area contributed by atoms with Crippen molar-refractivity contribution >= 4 is 0 Å². The van der Waals surface area contributed by atoms with E-state index in [4.69, 9.17) is 0 Å². The third kappa shape index (κ3) is 1.66. The molecule has 1 N–H and O–H groups in total. The number of likely N-dealkylation sites (N-methyl/N-ethyl adjacent to an activating group) is 1. The van der Waals surface area contributed by atoms with Crippen molar-refractivity contribution in [2.75, 3.05) is 20.1 Å². The minimum atomic E-state index is 0.672. The molecule has 0 bridgehead atoms. The second-order valence-corrected chi connectivity index (χ2v) is 3.10. The fourth-order valence-electron chi connectivity index (χ4n) is 1.20. The zero-order valence-electron chi connectivity index (χ0n) is 6.52. The van der Waals surface area contributed by atoms with Crippen LogP contribution in [0.3, 0.4) is 0 Å². The average molecular weight is 128 g/mol. The van der Waals surface area contributed by atoms with E-state index in [2.05, 4.69) is 31.1 Å². The SMILES string of the molecule is C[C@@H]1CN(C)[C@@H](C)CN1. The summed E-state index contributed by atoms with van der Waals surface area (Å²) in [6.45, 7) is 6.79. The van der Waals surface area contributed by atoms with Gasteiger partial charge in [0, 0.05) is 25.2 Å². The van der Waals surface area contributed by atoms with Crippen molar-refractivity contribution < 1.29 is 0 Å². The van der Waals surface area contributed by atoms with Gasteiger partial charge in [0.25, 0.3) is 0 Å². The van der Waals surface area contributed by atoms with Gasteiger partial charge >= 0.3 is 0 Å². The third-order valence-electron chi connectivity index (χ3n) is 2.08. The van der Waals surface area contributed by atoms with E-state index in [1.54, 1.807) is 0 Å². The lowest BCUT2D eigenvalue weighted by molar-refractivity contribution is 0.182. The molecule has 0 spiro atoms. The molecule has 0 radical (unpaired) electrons. The van der Waals surface area contributed by atoms with Gasteiger partial charge in [-0.2, -0.15) is 0 Å². The van der Waals surface area contributed by atoms with E-state index in [0.29, 0.717) is 12.1 Å². The van der Waals surface area contributed by atoms with Crippen LogP contribution in [0.2, 0.25) is 0 Å². The Bertz CT molecular complexity index is 92.9. The molecule has 0 amide bonds. The summed E-state index contributed by atoms with van der Waals surface area (Å²) >= 11 is 0. The van der Waals surface area contributed by atoms with E-state index in [1.165, 1.54) is 6.54 Å². The number of piperazine rings is 1. The molecule has 1 rings (SSSR count). The Labute approximate surface area is 57.2 Å². The average Bonchev–Trinajstić information content (AvgIpc) is 1.80. The van der Waals surface area contributed by atoms with E-state index in [1.807, 2.05) is 0 Å². The molecular formula is C7H16N2. The summed E-state index contributed by atoms with van der Waals surface area (Å²) in [5, 5.41) is 3.42. The molecule has 54 valence electrons. The summed E-state index contributed by atoms with van der Waals surface area (Å²) in [6.07, 6.45) is 0. The van der Waals surface area contributed by atoms with Gasteiger partial charge in [0.05, 0.1) is 0 Å². The van der Waals surface area contributed by atoms with Crippen molar-refractivity contribution in [3.05, 3.63) is 0 Å². The number of rotatable bonds is 0. The monoisotopic (exact) mass is 128 g/mol. The van der Waals surface area contributed by atoms with Crippen LogP contribution in [0.4, 0.5) is 0 Å². The molecule has 0 saturated carbocycles. The molecule has 0 aromatic heterocycles. The lowest BCUT2D eigenvalue weighted by Crippen LogP contribution is -2.52. The van der Waals surface area contributed by atoms with Crippen molar-refractivity contribution in [1.82, 2.24) is 10.2 Å². The summed E-state index contributed by atoms with van der Waals surface area (Å²) in [6, 6.07) is 1.38. The Hall–Kier alpha value is -0.0800. The zero-order chi connectivity index (χ0) is 6.85. The van der Waals surface area contributed by atoms with Gasteiger partial charge in [-0.25, -0.2) is 0 Å². The maximum Gasteiger partial charge on any atom is 0.0190 e. The van der Waals surface area contributed by atoms with Gasteiger partial charge in [-0.3, -0.25) is 0 Å². The fraction of sp³-hybridized carbons (Fsp3) is 1.00. The first kappa shape index (κ1) is 7.03. The first-order valence-electron chi connectivity index (χ1n) is 3.64. The summed E-state index contributed by atoms with van der Waals surface area (Å²) in [4.78, 5) is 2.39. The first-order valence-corrected chi connectivity index (χ1v) is 3.64. The number of nitrogens with one attached hydrogen (secondary N) is 1. The molecule has 2 atom stereocenters. The largest absolute Gasteiger partial charge is 0.311 e. The van der Waals surface area contributed by atoms with Crippen LogP contribution in [0.25, 0.3) is 0 Å². The molecule has 1 fully saturated rings. The van der Waals surface area contributed by atoms with Crippen LogP contribution in [-0.4, -0.2) is 37.1 Å². The fourth-order valence-corrected chi connectivity index (χ4v) is 1.20. The predicted molar refractivity (Wildman–Crippen MR) is 39.6 cm³/mol. The molecule has 2 nitrogen and oxygen atoms in total. The standard InChI is InChI=1S/C7H16N2/c1-6-5-9(3)7(2)4-8-6/h6-8H,4-5H2,1-3H3/t6-,7+/m1/s1. The summed E-state index contributed by atoms with van der Waals surface area (Å²) in [5.74, 6) is 0. The van der Waals surface area contributed by atoms with Crippen LogP contribution >= 0.6 is 0 Å². The minimum Gasteiger partial charge on any atom is -0.311 e. The highest BCUT2D eigenvalue weighted by atomic mass is 15.2. The van der Waals surface area contributed by atoms with E-state index < -0.39 is 0 Å². The molecule has 0 aromatic rings. The molecule has 1 saturated heterocycles. The first-order chi connectivity index (χ1) is 4.20. The number of hydrogen-bond acceptors (Lipinski definition) is 2. The Morgan fingerprint density at radius 1 is 1.44 bits per heavy atom. The van der Waals surface area contributed by atoms with Gasteiger partial charge in [0.2, 0.25) is 0 Å². The predicted octanol–water partition coefficient (Wildman–Crippen LogP) is 0.298. The maximum absolute atomic E-state index is 3.42. The zero-order valence-corrected chi connectivity index (χ0v) is 6.52. The molecule has 0 aliphatic carbocycles. The highest BCUT2D eigenvalue weighted by Gasteiger charge is 2.17. The Balaban J connectivity index is 2.35. The number of hydrogen-bond donors (Lipinski definition) is 1. The lowest BCUT2D eigenvalue weighted by atomic mass is 10.2. The van der Waals surface area contributed by atoms with E-state index in [-0.39, 0.29) is 0 Å². The molecule has 2 heteroatoms. The van der Waals surface area contributed by atoms with Crippen LogP contribution in [0.5, 0.6) is 0 Å². The lowest BCUT2D eigenvalue weighted by Gasteiger charge is -2.34. The second-order valence-electron chi connectivity index (χ2n) is 3.10. The molecule has 0 aromatic carbocycles. The van der Waals surface area contributed by atoms with Gasteiger partial charge < -0.3 is 10.2 Å². The number of nitrogens with zero attached hydrogens (tertiary/aromatic N) is 1. The van der Waals surface area contributed by atoms with Crippen LogP contribution in [0.1, 0.15) is 13.8 Å². The topological polar surface area (TPSA) is 15.3 Å². The van der Waals surface area contributed by atoms with Crippen LogP contribution < -0.4 is 5.32 Å². The van der Waals surface area contributed by atoms with Gasteiger partial charge in [0.15, 0.2) is 0 Å². The molecular weight excluding hydrogens is 112 g/mol. The maximum atomic E-state index is 3.42. The smallest absolute Gasteiger partial charge is 0.0190 e. The normalized spacial score (nSPS) is 39.0. The van der Waals surface area contributed by atoms with Gasteiger partial charge in [-0.05, 0) is 20.9 Å². The molecule has 0 unspecified atom stereocenters. The van der Waals surface area contributed by atoms with Gasteiger partial charge in [-0.1, -0.05) is 0 Å². The van der Waals surface area contributed by atoms with Gasteiger partial charge in [-0.15, -0.1) is 0 Å². The van der Waals surface area contributed by atoms with Crippen LogP contribution in [-0.2, 0) is 0 Å². The minimum absolute atomic E-state index is 0.672. The van der Waals surface area contributed by atoms with Crippen molar-refractivity contribution in [1.29, 1.82) is 0 Å². The van der Waals surface area contributed by atoms with Crippen LogP contribution in [0, 0.1) is 0 Å². The molecule has 1 aliphatic heterocycles. The van der Waals surface area contributed by atoms with Crippen molar-refractivity contribution in [2.45, 2.75) is 25.9 Å². The summed E-state index contributed by atoms with van der Waals surface area (Å²) < 4.78 is 0. The Morgan fingerprint density at radius 3 is 2.56 bits per heavy atom. The Kier molecular flexibility index (Phi) is 2.09. The van der Waals surface area contributed by atoms with Crippen LogP contribution in [0.15, 0.2) is 0 Å². The highest BCUT2D eigenvalue weighted by Crippen LogP contribution is 2.01. The quantitative estimate of drug-likeness (QED) is 0.504. The highest BCUT2D eigenvalue weighted by molar-refractivity contribution is 4.78. The summed E-state index contributed by atoms with van der Waals surface area (Å²) in [7, 11) is 2.18. The van der Waals surface area contributed by atoms with Crippen molar-refractivity contribution in [3.8, 4) is 0 Å². The summed E-state index contributed by atoms with van der Waals surface area (Å²) in [5.41, 5.74) is 0. The second kappa shape index (κ2) is 2.67. The van der Waals surface area contributed by atoms with E-state index >= 15 is 0 Å². The molecule has 1 aliphatic rings. The van der Waals surface area contributed by atoms with E-state index in [0.717, 1.165) is 6.54 Å². The van der Waals surface area contributed by atoms with Crippen molar-refractivity contribution in [3.63, 3.8) is 0 Å². The molecule has 1 heterocycles. The molecule has 9 heavy (non-hydrogen) atoms. The van der Waals surface area contributed by atoms with Crippen molar-refractivity contribution in [2.24, 2.45) is 0 Å². The van der Waals surface area contributed by atoms with Gasteiger partial charge in [0.1, 0.15) is 0 Å².